The van der Waals surface area contributed by atoms with Gasteiger partial charge in [-0.25, -0.2) is 0 Å². The first kappa shape index (κ1) is 15.5. The maximum Gasteiger partial charge on any atom is 0.0450 e. The molecule has 0 saturated carbocycles. The third kappa shape index (κ3) is 3.83. The first-order valence-corrected chi connectivity index (χ1v) is 8.06. The van der Waals surface area contributed by atoms with Crippen LogP contribution >= 0.6 is 0 Å². The zero-order chi connectivity index (χ0) is 14.6. The minimum absolute atomic E-state index is 0.257. The number of hydrogen-bond acceptors (Lipinski definition) is 2. The van der Waals surface area contributed by atoms with Gasteiger partial charge in [0.15, 0.2) is 0 Å². The van der Waals surface area contributed by atoms with Crippen molar-refractivity contribution in [2.75, 3.05) is 19.6 Å². The molecule has 1 saturated heterocycles. The van der Waals surface area contributed by atoms with E-state index in [0.29, 0.717) is 6.04 Å². The third-order valence-corrected chi connectivity index (χ3v) is 4.56. The summed E-state index contributed by atoms with van der Waals surface area (Å²) in [6.07, 6.45) is 2.62. The summed E-state index contributed by atoms with van der Waals surface area (Å²) >= 11 is 0. The Kier molecular flexibility index (Phi) is 5.22. The Bertz CT molecular complexity index is 399. The number of rotatable bonds is 5. The Morgan fingerprint density at radius 2 is 2.00 bits per heavy atom. The van der Waals surface area contributed by atoms with Crippen molar-refractivity contribution in [1.82, 2.24) is 10.2 Å². The van der Waals surface area contributed by atoms with E-state index in [1.165, 1.54) is 24.9 Å². The molecule has 2 heteroatoms. The number of hydrogen-bond donors (Lipinski definition) is 1. The maximum atomic E-state index is 3.72. The molecule has 0 bridgehead atoms. The van der Waals surface area contributed by atoms with Crippen LogP contribution in [0.2, 0.25) is 0 Å². The molecule has 1 aliphatic rings. The Hall–Kier alpha value is -0.860. The van der Waals surface area contributed by atoms with Crippen molar-refractivity contribution in [3.8, 4) is 0 Å². The lowest BCUT2D eigenvalue weighted by Crippen LogP contribution is -2.59. The standard InChI is InChI=1S/C18H30N2/c1-5-9-15(2)12-20-13-17(19-14-18(20,3)4)16-10-7-6-8-11-16/h6-8,10-11,15,17,19H,5,9,12-14H2,1-4H3. The molecule has 1 aromatic rings. The van der Waals surface area contributed by atoms with Crippen LogP contribution in [0.15, 0.2) is 30.3 Å². The van der Waals surface area contributed by atoms with Crippen LogP contribution in [-0.2, 0) is 0 Å². The summed E-state index contributed by atoms with van der Waals surface area (Å²) in [6.45, 7) is 12.8. The number of piperazine rings is 1. The highest BCUT2D eigenvalue weighted by Crippen LogP contribution is 2.27. The molecule has 2 unspecified atom stereocenters. The van der Waals surface area contributed by atoms with Crippen molar-refractivity contribution in [1.29, 1.82) is 0 Å². The third-order valence-electron chi connectivity index (χ3n) is 4.56. The van der Waals surface area contributed by atoms with Crippen LogP contribution in [0.25, 0.3) is 0 Å². The fourth-order valence-electron chi connectivity index (χ4n) is 3.21. The van der Waals surface area contributed by atoms with Crippen molar-refractivity contribution >= 4 is 0 Å². The van der Waals surface area contributed by atoms with E-state index in [1.807, 2.05) is 0 Å². The van der Waals surface area contributed by atoms with Gasteiger partial charge in [0.2, 0.25) is 0 Å². The predicted octanol–water partition coefficient (Wildman–Crippen LogP) is 3.85. The summed E-state index contributed by atoms with van der Waals surface area (Å²) < 4.78 is 0. The second-order valence-corrected chi connectivity index (χ2v) is 6.96. The van der Waals surface area contributed by atoms with E-state index in [0.717, 1.165) is 19.0 Å². The largest absolute Gasteiger partial charge is 0.307 e. The van der Waals surface area contributed by atoms with E-state index in [4.69, 9.17) is 0 Å². The van der Waals surface area contributed by atoms with E-state index in [-0.39, 0.29) is 5.54 Å². The summed E-state index contributed by atoms with van der Waals surface area (Å²) in [7, 11) is 0. The second-order valence-electron chi connectivity index (χ2n) is 6.96. The molecule has 1 heterocycles. The first-order chi connectivity index (χ1) is 9.53. The van der Waals surface area contributed by atoms with Gasteiger partial charge in [-0.1, -0.05) is 50.6 Å². The molecule has 1 fully saturated rings. The zero-order valence-electron chi connectivity index (χ0n) is 13.5. The van der Waals surface area contributed by atoms with E-state index in [1.54, 1.807) is 0 Å². The van der Waals surface area contributed by atoms with Gasteiger partial charge in [-0.2, -0.15) is 0 Å². The minimum atomic E-state index is 0.257. The van der Waals surface area contributed by atoms with Gasteiger partial charge in [0.1, 0.15) is 0 Å². The molecule has 1 aromatic carbocycles. The zero-order valence-corrected chi connectivity index (χ0v) is 13.5. The summed E-state index contributed by atoms with van der Waals surface area (Å²) in [5.74, 6) is 0.786. The van der Waals surface area contributed by atoms with Gasteiger partial charge in [0.05, 0.1) is 0 Å². The molecule has 0 aliphatic carbocycles. The van der Waals surface area contributed by atoms with Crippen molar-refractivity contribution in [3.63, 3.8) is 0 Å². The highest BCUT2D eigenvalue weighted by atomic mass is 15.3. The normalized spacial score (nSPS) is 24.5. The number of benzene rings is 1. The summed E-state index contributed by atoms with van der Waals surface area (Å²) in [5.41, 5.74) is 1.67. The van der Waals surface area contributed by atoms with E-state index >= 15 is 0 Å². The fraction of sp³-hybridized carbons (Fsp3) is 0.667. The Balaban J connectivity index is 2.04. The lowest BCUT2D eigenvalue weighted by Gasteiger charge is -2.47. The lowest BCUT2D eigenvalue weighted by molar-refractivity contribution is 0.0513. The predicted molar refractivity (Wildman–Crippen MR) is 86.9 cm³/mol. The second kappa shape index (κ2) is 6.73. The monoisotopic (exact) mass is 274 g/mol. The van der Waals surface area contributed by atoms with E-state index in [9.17, 15) is 0 Å². The number of nitrogens with zero attached hydrogens (tertiary/aromatic N) is 1. The van der Waals surface area contributed by atoms with Crippen molar-refractivity contribution in [2.45, 2.75) is 52.1 Å². The van der Waals surface area contributed by atoms with Crippen LogP contribution in [0.3, 0.4) is 0 Å². The Labute approximate surface area is 124 Å². The SMILES string of the molecule is CCCC(C)CN1CC(c2ccccc2)NCC1(C)C. The van der Waals surface area contributed by atoms with Crippen molar-refractivity contribution < 1.29 is 0 Å². The van der Waals surface area contributed by atoms with Gasteiger partial charge < -0.3 is 5.32 Å². The van der Waals surface area contributed by atoms with Crippen LogP contribution in [0.5, 0.6) is 0 Å². The summed E-state index contributed by atoms with van der Waals surface area (Å²) in [4.78, 5) is 2.68. The molecule has 1 aliphatic heterocycles. The van der Waals surface area contributed by atoms with Crippen LogP contribution in [0.1, 0.15) is 52.1 Å². The van der Waals surface area contributed by atoms with Crippen LogP contribution < -0.4 is 5.32 Å². The van der Waals surface area contributed by atoms with Gasteiger partial charge in [0, 0.05) is 31.2 Å². The summed E-state index contributed by atoms with van der Waals surface area (Å²) in [6, 6.07) is 11.3. The van der Waals surface area contributed by atoms with Crippen molar-refractivity contribution in [3.05, 3.63) is 35.9 Å². The fourth-order valence-corrected chi connectivity index (χ4v) is 3.21. The topological polar surface area (TPSA) is 15.3 Å². The molecule has 0 aromatic heterocycles. The molecular weight excluding hydrogens is 244 g/mol. The Morgan fingerprint density at radius 3 is 2.65 bits per heavy atom. The van der Waals surface area contributed by atoms with E-state index < -0.39 is 0 Å². The van der Waals surface area contributed by atoms with E-state index in [2.05, 4.69) is 68.2 Å². The highest BCUT2D eigenvalue weighted by Gasteiger charge is 2.34. The number of nitrogens with one attached hydrogen (secondary N) is 1. The molecule has 0 spiro atoms. The van der Waals surface area contributed by atoms with Crippen LogP contribution in [-0.4, -0.2) is 30.1 Å². The molecule has 0 radical (unpaired) electrons. The van der Waals surface area contributed by atoms with Gasteiger partial charge in [-0.05, 0) is 31.7 Å². The van der Waals surface area contributed by atoms with Gasteiger partial charge in [0.25, 0.3) is 0 Å². The molecular formula is C18H30N2. The highest BCUT2D eigenvalue weighted by molar-refractivity contribution is 5.20. The molecule has 2 atom stereocenters. The molecule has 1 N–H and O–H groups in total. The lowest BCUT2D eigenvalue weighted by atomic mass is 9.92. The minimum Gasteiger partial charge on any atom is -0.307 e. The van der Waals surface area contributed by atoms with Gasteiger partial charge in [-0.15, -0.1) is 0 Å². The molecule has 2 rings (SSSR count). The Morgan fingerprint density at radius 1 is 1.30 bits per heavy atom. The molecule has 112 valence electrons. The quantitative estimate of drug-likeness (QED) is 0.877. The summed E-state index contributed by atoms with van der Waals surface area (Å²) in [5, 5.41) is 3.72. The molecule has 2 nitrogen and oxygen atoms in total. The molecule has 20 heavy (non-hydrogen) atoms. The average Bonchev–Trinajstić information content (AvgIpc) is 2.42. The van der Waals surface area contributed by atoms with Crippen LogP contribution in [0, 0.1) is 5.92 Å². The average molecular weight is 274 g/mol. The van der Waals surface area contributed by atoms with Gasteiger partial charge in [-0.3, -0.25) is 4.90 Å². The van der Waals surface area contributed by atoms with Crippen LogP contribution in [0.4, 0.5) is 0 Å². The first-order valence-electron chi connectivity index (χ1n) is 8.06. The van der Waals surface area contributed by atoms with Gasteiger partial charge >= 0.3 is 0 Å². The molecule has 0 amide bonds. The maximum absolute atomic E-state index is 3.72. The smallest absolute Gasteiger partial charge is 0.0450 e. The van der Waals surface area contributed by atoms with Crippen molar-refractivity contribution in [2.24, 2.45) is 5.92 Å².